The van der Waals surface area contributed by atoms with Crippen LogP contribution in [0.25, 0.3) is 10.2 Å². The average Bonchev–Trinajstić information content (AvgIpc) is 2.85. The highest BCUT2D eigenvalue weighted by Crippen LogP contribution is 2.25. The van der Waals surface area contributed by atoms with E-state index in [1.165, 1.54) is 17.4 Å². The van der Waals surface area contributed by atoms with E-state index in [4.69, 9.17) is 0 Å². The maximum absolute atomic E-state index is 13.5. The van der Waals surface area contributed by atoms with Gasteiger partial charge in [0.25, 0.3) is 5.56 Å². The summed E-state index contributed by atoms with van der Waals surface area (Å²) < 4.78 is 26.9. The first kappa shape index (κ1) is 17.9. The number of aromatic nitrogens is 2. The van der Waals surface area contributed by atoms with Crippen molar-refractivity contribution in [2.45, 2.75) is 20.3 Å². The second-order valence-corrected chi connectivity index (χ2v) is 6.78. The van der Waals surface area contributed by atoms with E-state index >= 15 is 0 Å². The summed E-state index contributed by atoms with van der Waals surface area (Å²) in [5.41, 5.74) is 2.36. The zero-order valence-electron chi connectivity index (χ0n) is 13.9. The number of H-pyrrole nitrogens is 1. The number of thiophene rings is 1. The summed E-state index contributed by atoms with van der Waals surface area (Å²) in [4.78, 5) is 32.5. The summed E-state index contributed by atoms with van der Waals surface area (Å²) in [6, 6.07) is 3.40. The minimum Gasteiger partial charge on any atom is -0.309 e. The van der Waals surface area contributed by atoms with E-state index in [9.17, 15) is 18.4 Å². The first-order chi connectivity index (χ1) is 12.4. The number of fused-ring (bicyclic) bond motifs is 1. The van der Waals surface area contributed by atoms with Gasteiger partial charge < -0.3 is 4.98 Å². The number of nitrogens with zero attached hydrogens (tertiary/aromatic N) is 2. The molecule has 2 heterocycles. The van der Waals surface area contributed by atoms with Crippen molar-refractivity contribution in [3.63, 3.8) is 0 Å². The van der Waals surface area contributed by atoms with E-state index in [1.807, 2.05) is 13.8 Å². The van der Waals surface area contributed by atoms with Crippen LogP contribution in [0.1, 0.15) is 21.8 Å². The van der Waals surface area contributed by atoms with Crippen molar-refractivity contribution in [1.82, 2.24) is 15.4 Å². The number of benzene rings is 1. The van der Waals surface area contributed by atoms with Crippen LogP contribution >= 0.6 is 11.3 Å². The number of hydrogen-bond donors (Lipinski definition) is 2. The van der Waals surface area contributed by atoms with Crippen LogP contribution in [0, 0.1) is 25.5 Å². The monoisotopic (exact) mass is 376 g/mol. The van der Waals surface area contributed by atoms with Gasteiger partial charge in [0.05, 0.1) is 23.6 Å². The standard InChI is InChI=1S/C17H14F2N4O2S/c1-8-9(2)26-17-15(8)16(25)21-13(22-17)6-14(24)23-20-7-10-11(18)4-3-5-12(10)19/h3-5,7H,6H2,1-2H3,(H,23,24)(H,21,22,25)/b20-7-. The van der Waals surface area contributed by atoms with E-state index in [1.54, 1.807) is 0 Å². The van der Waals surface area contributed by atoms with Crippen molar-refractivity contribution in [2.24, 2.45) is 5.10 Å². The number of aromatic amines is 1. The van der Waals surface area contributed by atoms with Gasteiger partial charge in [0.1, 0.15) is 22.3 Å². The quantitative estimate of drug-likeness (QED) is 0.542. The second kappa shape index (κ2) is 7.12. The molecule has 134 valence electrons. The lowest BCUT2D eigenvalue weighted by Crippen LogP contribution is -2.23. The van der Waals surface area contributed by atoms with Crippen molar-refractivity contribution in [1.29, 1.82) is 0 Å². The van der Waals surface area contributed by atoms with Crippen LogP contribution in [0.5, 0.6) is 0 Å². The van der Waals surface area contributed by atoms with Gasteiger partial charge in [-0.1, -0.05) is 6.07 Å². The zero-order chi connectivity index (χ0) is 18.8. The first-order valence-corrected chi connectivity index (χ1v) is 8.43. The van der Waals surface area contributed by atoms with Gasteiger partial charge in [0, 0.05) is 4.88 Å². The molecule has 6 nitrogen and oxygen atoms in total. The molecule has 0 spiro atoms. The van der Waals surface area contributed by atoms with Gasteiger partial charge in [-0.3, -0.25) is 9.59 Å². The van der Waals surface area contributed by atoms with E-state index in [0.717, 1.165) is 28.8 Å². The highest BCUT2D eigenvalue weighted by molar-refractivity contribution is 7.18. The van der Waals surface area contributed by atoms with E-state index in [2.05, 4.69) is 20.5 Å². The third-order valence-corrected chi connectivity index (χ3v) is 4.90. The molecule has 26 heavy (non-hydrogen) atoms. The molecule has 3 aromatic rings. The van der Waals surface area contributed by atoms with Crippen molar-refractivity contribution < 1.29 is 13.6 Å². The third-order valence-electron chi connectivity index (χ3n) is 3.80. The number of carbonyl (C=O) groups excluding carboxylic acids is 1. The van der Waals surface area contributed by atoms with Crippen LogP contribution in [-0.2, 0) is 11.2 Å². The molecule has 0 radical (unpaired) electrons. The Bertz CT molecular complexity index is 1070. The number of hydrazone groups is 1. The SMILES string of the molecule is Cc1sc2nc(CC(=O)N/N=C\c3c(F)cccc3F)[nH]c(=O)c2c1C. The summed E-state index contributed by atoms with van der Waals surface area (Å²) in [5, 5.41) is 4.06. The predicted molar refractivity (Wildman–Crippen MR) is 95.5 cm³/mol. The number of amides is 1. The van der Waals surface area contributed by atoms with Crippen LogP contribution < -0.4 is 11.0 Å². The van der Waals surface area contributed by atoms with Crippen LogP contribution in [-0.4, -0.2) is 22.1 Å². The van der Waals surface area contributed by atoms with Crippen molar-refractivity contribution in [2.75, 3.05) is 0 Å². The van der Waals surface area contributed by atoms with Crippen LogP contribution in [0.4, 0.5) is 8.78 Å². The number of rotatable bonds is 4. The average molecular weight is 376 g/mol. The maximum Gasteiger partial charge on any atom is 0.259 e. The summed E-state index contributed by atoms with van der Waals surface area (Å²) >= 11 is 1.38. The highest BCUT2D eigenvalue weighted by atomic mass is 32.1. The minimum absolute atomic E-state index is 0.188. The molecule has 2 aromatic heterocycles. The van der Waals surface area contributed by atoms with Gasteiger partial charge in [-0.05, 0) is 31.5 Å². The van der Waals surface area contributed by atoms with Crippen molar-refractivity contribution in [3.8, 4) is 0 Å². The fourth-order valence-electron chi connectivity index (χ4n) is 2.38. The molecule has 0 unspecified atom stereocenters. The maximum atomic E-state index is 13.5. The molecule has 0 aliphatic carbocycles. The molecule has 2 N–H and O–H groups in total. The number of carbonyl (C=O) groups is 1. The Kier molecular flexibility index (Phi) is 4.90. The minimum atomic E-state index is -0.789. The lowest BCUT2D eigenvalue weighted by atomic mass is 10.2. The molecule has 0 saturated heterocycles. The van der Waals surface area contributed by atoms with Gasteiger partial charge in [0.2, 0.25) is 5.91 Å². The molecule has 9 heteroatoms. The Balaban J connectivity index is 1.73. The molecular weight excluding hydrogens is 362 g/mol. The van der Waals surface area contributed by atoms with Crippen LogP contribution in [0.3, 0.4) is 0 Å². The smallest absolute Gasteiger partial charge is 0.259 e. The molecule has 3 rings (SSSR count). The molecular formula is C17H14F2N4O2S. The fourth-order valence-corrected chi connectivity index (χ4v) is 3.43. The first-order valence-electron chi connectivity index (χ1n) is 7.61. The molecule has 0 saturated carbocycles. The molecule has 0 fully saturated rings. The summed E-state index contributed by atoms with van der Waals surface area (Å²) in [6.07, 6.45) is 0.659. The molecule has 0 aliphatic rings. The number of halogens is 2. The second-order valence-electron chi connectivity index (χ2n) is 5.58. The molecule has 0 atom stereocenters. The van der Waals surface area contributed by atoms with Gasteiger partial charge in [0.15, 0.2) is 0 Å². The van der Waals surface area contributed by atoms with Gasteiger partial charge in [-0.25, -0.2) is 19.2 Å². The summed E-state index contributed by atoms with van der Waals surface area (Å²) in [7, 11) is 0. The van der Waals surface area contributed by atoms with Crippen LogP contribution in [0.2, 0.25) is 0 Å². The Hall–Kier alpha value is -2.94. The van der Waals surface area contributed by atoms with Gasteiger partial charge >= 0.3 is 0 Å². The topological polar surface area (TPSA) is 87.2 Å². The molecule has 1 amide bonds. The number of hydrogen-bond acceptors (Lipinski definition) is 5. The summed E-state index contributed by atoms with van der Waals surface area (Å²) in [6.45, 7) is 3.73. The molecule has 0 aliphatic heterocycles. The van der Waals surface area contributed by atoms with Crippen LogP contribution in [0.15, 0.2) is 28.1 Å². The lowest BCUT2D eigenvalue weighted by molar-refractivity contribution is -0.120. The lowest BCUT2D eigenvalue weighted by Gasteiger charge is -2.01. The molecule has 1 aromatic carbocycles. The Morgan fingerprint density at radius 3 is 2.73 bits per heavy atom. The van der Waals surface area contributed by atoms with Crippen molar-refractivity contribution >= 4 is 33.7 Å². The fraction of sp³-hybridized carbons (Fsp3) is 0.176. The van der Waals surface area contributed by atoms with E-state index in [0.29, 0.717) is 10.2 Å². The third kappa shape index (κ3) is 3.52. The highest BCUT2D eigenvalue weighted by Gasteiger charge is 2.13. The predicted octanol–water partition coefficient (Wildman–Crippen LogP) is 2.57. The van der Waals surface area contributed by atoms with Gasteiger partial charge in [-0.15, -0.1) is 11.3 Å². The zero-order valence-corrected chi connectivity index (χ0v) is 14.7. The summed E-state index contributed by atoms with van der Waals surface area (Å²) in [5.74, 6) is -1.97. The number of nitrogens with one attached hydrogen (secondary N) is 2. The normalized spacial score (nSPS) is 11.4. The van der Waals surface area contributed by atoms with E-state index in [-0.39, 0.29) is 23.4 Å². The van der Waals surface area contributed by atoms with Crippen molar-refractivity contribution in [3.05, 3.63) is 62.0 Å². The number of aryl methyl sites for hydroxylation is 2. The Labute approximate surface area is 150 Å². The molecule has 0 bridgehead atoms. The Morgan fingerprint density at radius 1 is 1.35 bits per heavy atom. The Morgan fingerprint density at radius 2 is 2.04 bits per heavy atom. The van der Waals surface area contributed by atoms with E-state index < -0.39 is 17.5 Å². The van der Waals surface area contributed by atoms with Gasteiger partial charge in [-0.2, -0.15) is 5.10 Å². The largest absolute Gasteiger partial charge is 0.309 e.